The highest BCUT2D eigenvalue weighted by Crippen LogP contribution is 2.27. The van der Waals surface area contributed by atoms with Gasteiger partial charge in [0.15, 0.2) is 18.1 Å². The van der Waals surface area contributed by atoms with E-state index in [0.717, 1.165) is 25.1 Å². The van der Waals surface area contributed by atoms with Crippen LogP contribution in [0.25, 0.3) is 0 Å². The van der Waals surface area contributed by atoms with Crippen LogP contribution >= 0.6 is 0 Å². The minimum atomic E-state index is -0.287. The fourth-order valence-electron chi connectivity index (χ4n) is 2.73. The van der Waals surface area contributed by atoms with Crippen molar-refractivity contribution in [2.75, 3.05) is 46.4 Å². The van der Waals surface area contributed by atoms with Crippen molar-refractivity contribution >= 4 is 5.91 Å². The van der Waals surface area contributed by atoms with Crippen LogP contribution in [0.4, 0.5) is 0 Å². The lowest BCUT2D eigenvalue weighted by Gasteiger charge is -2.35. The molecule has 2 rings (SSSR count). The zero-order valence-corrected chi connectivity index (χ0v) is 14.8. The Balaban J connectivity index is 1.80. The number of methoxy groups -OCH3 is 1. The number of aryl methyl sites for hydroxylation is 1. The van der Waals surface area contributed by atoms with E-state index in [-0.39, 0.29) is 18.6 Å². The zero-order chi connectivity index (χ0) is 17.5. The number of amides is 1. The molecule has 1 aliphatic rings. The average Bonchev–Trinajstić information content (AvgIpc) is 2.60. The summed E-state index contributed by atoms with van der Waals surface area (Å²) >= 11 is 0. The van der Waals surface area contributed by atoms with E-state index in [9.17, 15) is 9.90 Å². The Morgan fingerprint density at radius 2 is 1.96 bits per heavy atom. The predicted molar refractivity (Wildman–Crippen MR) is 92.5 cm³/mol. The number of carbonyl (C=O) groups is 1. The molecule has 6 nitrogen and oxygen atoms in total. The molecule has 1 N–H and O–H groups in total. The number of hydrogen-bond acceptors (Lipinski definition) is 5. The number of benzene rings is 1. The third kappa shape index (κ3) is 5.11. The van der Waals surface area contributed by atoms with Gasteiger partial charge in [0.25, 0.3) is 5.91 Å². The molecule has 1 saturated heterocycles. The Bertz CT molecular complexity index is 542. The Hall–Kier alpha value is -1.79. The molecule has 24 heavy (non-hydrogen) atoms. The minimum absolute atomic E-state index is 0.0109. The van der Waals surface area contributed by atoms with Crippen LogP contribution in [0.3, 0.4) is 0 Å². The maximum absolute atomic E-state index is 12.3. The summed E-state index contributed by atoms with van der Waals surface area (Å²) in [5.74, 6) is 1.20. The molecule has 1 aromatic carbocycles. The number of hydrogen-bond donors (Lipinski definition) is 1. The summed E-state index contributed by atoms with van der Waals surface area (Å²) in [4.78, 5) is 16.3. The van der Waals surface area contributed by atoms with E-state index in [4.69, 9.17) is 9.47 Å². The first kappa shape index (κ1) is 18.5. The second-order valence-corrected chi connectivity index (χ2v) is 6.19. The van der Waals surface area contributed by atoms with Crippen LogP contribution < -0.4 is 9.47 Å². The molecule has 134 valence electrons. The second kappa shape index (κ2) is 8.89. The maximum Gasteiger partial charge on any atom is 0.260 e. The molecule has 0 radical (unpaired) electrons. The number of nitrogens with zero attached hydrogens (tertiary/aromatic N) is 2. The van der Waals surface area contributed by atoms with Gasteiger partial charge in [-0.3, -0.25) is 9.69 Å². The lowest BCUT2D eigenvalue weighted by atomic mass is 10.2. The van der Waals surface area contributed by atoms with Crippen LogP contribution in [0.15, 0.2) is 18.2 Å². The van der Waals surface area contributed by atoms with Gasteiger partial charge in [-0.05, 0) is 31.0 Å². The smallest absolute Gasteiger partial charge is 0.260 e. The highest BCUT2D eigenvalue weighted by atomic mass is 16.5. The van der Waals surface area contributed by atoms with Gasteiger partial charge in [0.05, 0.1) is 13.2 Å². The summed E-state index contributed by atoms with van der Waals surface area (Å²) in [5, 5.41) is 9.71. The van der Waals surface area contributed by atoms with Gasteiger partial charge in [0.2, 0.25) is 0 Å². The van der Waals surface area contributed by atoms with Gasteiger partial charge in [0, 0.05) is 32.7 Å². The Kier molecular flexibility index (Phi) is 6.87. The summed E-state index contributed by atoms with van der Waals surface area (Å²) < 4.78 is 10.9. The molecule has 0 spiro atoms. The molecule has 0 aromatic heterocycles. The normalized spacial score (nSPS) is 16.8. The lowest BCUT2D eigenvalue weighted by molar-refractivity contribution is -0.135. The van der Waals surface area contributed by atoms with Crippen LogP contribution in [-0.2, 0) is 4.79 Å². The van der Waals surface area contributed by atoms with Crippen molar-refractivity contribution < 1.29 is 19.4 Å². The minimum Gasteiger partial charge on any atom is -0.493 e. The van der Waals surface area contributed by atoms with Crippen LogP contribution in [0.5, 0.6) is 11.5 Å². The summed E-state index contributed by atoms with van der Waals surface area (Å²) in [6, 6.07) is 5.64. The topological polar surface area (TPSA) is 62.2 Å². The van der Waals surface area contributed by atoms with E-state index in [1.807, 2.05) is 36.9 Å². The first-order valence-electron chi connectivity index (χ1n) is 8.49. The maximum atomic E-state index is 12.3. The molecule has 0 saturated carbocycles. The predicted octanol–water partition coefficient (Wildman–Crippen LogP) is 1.30. The van der Waals surface area contributed by atoms with E-state index >= 15 is 0 Å². The van der Waals surface area contributed by atoms with Crippen molar-refractivity contribution in [1.29, 1.82) is 0 Å². The van der Waals surface area contributed by atoms with Gasteiger partial charge in [-0.1, -0.05) is 13.0 Å². The highest BCUT2D eigenvalue weighted by molar-refractivity contribution is 5.78. The van der Waals surface area contributed by atoms with Crippen LogP contribution in [-0.4, -0.2) is 73.4 Å². The number of ether oxygens (including phenoxy) is 2. The van der Waals surface area contributed by atoms with E-state index in [0.29, 0.717) is 31.1 Å². The molecule has 1 aromatic rings. The third-order valence-electron chi connectivity index (χ3n) is 4.34. The average molecular weight is 336 g/mol. The van der Waals surface area contributed by atoms with Gasteiger partial charge in [0.1, 0.15) is 0 Å². The van der Waals surface area contributed by atoms with Gasteiger partial charge in [-0.15, -0.1) is 0 Å². The van der Waals surface area contributed by atoms with Crippen molar-refractivity contribution in [3.05, 3.63) is 23.8 Å². The Labute approximate surface area is 144 Å². The SMILES string of the molecule is CC[C@@H](O)CN1CCN(C(=O)COc2ccc(C)cc2OC)CC1. The number of β-amino-alcohol motifs (C(OH)–C–C–N with tert-alkyl or cyclic N) is 1. The van der Waals surface area contributed by atoms with Gasteiger partial charge < -0.3 is 19.5 Å². The molecule has 0 unspecified atom stereocenters. The number of aliphatic hydroxyl groups excluding tert-OH is 1. The number of carbonyl (C=O) groups excluding carboxylic acids is 1. The van der Waals surface area contributed by atoms with Crippen molar-refractivity contribution in [1.82, 2.24) is 9.80 Å². The van der Waals surface area contributed by atoms with Gasteiger partial charge >= 0.3 is 0 Å². The lowest BCUT2D eigenvalue weighted by Crippen LogP contribution is -2.51. The molecule has 1 aliphatic heterocycles. The molecule has 1 atom stereocenters. The zero-order valence-electron chi connectivity index (χ0n) is 14.8. The summed E-state index contributed by atoms with van der Waals surface area (Å²) in [5.41, 5.74) is 1.08. The number of rotatable bonds is 7. The van der Waals surface area contributed by atoms with Gasteiger partial charge in [-0.2, -0.15) is 0 Å². The molecule has 1 fully saturated rings. The quantitative estimate of drug-likeness (QED) is 0.813. The third-order valence-corrected chi connectivity index (χ3v) is 4.34. The first-order valence-corrected chi connectivity index (χ1v) is 8.49. The van der Waals surface area contributed by atoms with Crippen molar-refractivity contribution in [3.8, 4) is 11.5 Å². The van der Waals surface area contributed by atoms with E-state index in [1.165, 1.54) is 0 Å². The fraction of sp³-hybridized carbons (Fsp3) is 0.611. The number of piperazine rings is 1. The monoisotopic (exact) mass is 336 g/mol. The van der Waals surface area contributed by atoms with Crippen molar-refractivity contribution in [2.24, 2.45) is 0 Å². The van der Waals surface area contributed by atoms with Crippen molar-refractivity contribution in [2.45, 2.75) is 26.4 Å². The summed E-state index contributed by atoms with van der Waals surface area (Å²) in [6.45, 7) is 7.56. The second-order valence-electron chi connectivity index (χ2n) is 6.19. The molecule has 1 heterocycles. The standard InChI is InChI=1S/C18H28N2O4/c1-4-15(21)12-19-7-9-20(10-8-19)18(22)13-24-16-6-5-14(2)11-17(16)23-3/h5-6,11,15,21H,4,7-10,12-13H2,1-3H3/t15-/m1/s1. The number of aliphatic hydroxyl groups is 1. The van der Waals surface area contributed by atoms with Crippen molar-refractivity contribution in [3.63, 3.8) is 0 Å². The molecular formula is C18H28N2O4. The fourth-order valence-corrected chi connectivity index (χ4v) is 2.73. The Morgan fingerprint density at radius 1 is 1.25 bits per heavy atom. The van der Waals surface area contributed by atoms with Crippen LogP contribution in [0.2, 0.25) is 0 Å². The Morgan fingerprint density at radius 3 is 2.58 bits per heavy atom. The molecular weight excluding hydrogens is 308 g/mol. The van der Waals surface area contributed by atoms with Gasteiger partial charge in [-0.25, -0.2) is 0 Å². The molecule has 1 amide bonds. The van der Waals surface area contributed by atoms with Crippen LogP contribution in [0, 0.1) is 6.92 Å². The van der Waals surface area contributed by atoms with Crippen LogP contribution in [0.1, 0.15) is 18.9 Å². The molecule has 0 aliphatic carbocycles. The van der Waals surface area contributed by atoms with E-state index < -0.39 is 0 Å². The molecule has 6 heteroatoms. The summed E-state index contributed by atoms with van der Waals surface area (Å²) in [6.07, 6.45) is 0.468. The van der Waals surface area contributed by atoms with E-state index in [2.05, 4.69) is 4.90 Å². The largest absolute Gasteiger partial charge is 0.493 e. The van der Waals surface area contributed by atoms with E-state index in [1.54, 1.807) is 7.11 Å². The highest BCUT2D eigenvalue weighted by Gasteiger charge is 2.22. The molecule has 0 bridgehead atoms. The summed E-state index contributed by atoms with van der Waals surface area (Å²) in [7, 11) is 1.59. The first-order chi connectivity index (χ1) is 11.5.